The monoisotopic (exact) mass is 256 g/mol. The predicted molar refractivity (Wildman–Crippen MR) is 54.4 cm³/mol. The van der Waals surface area contributed by atoms with Gasteiger partial charge in [0.2, 0.25) is 0 Å². The topological polar surface area (TPSA) is 127 Å². The molecule has 6 atom stereocenters. The van der Waals surface area contributed by atoms with Gasteiger partial charge in [-0.15, -0.1) is 0 Å². The van der Waals surface area contributed by atoms with E-state index in [9.17, 15) is 30.1 Å². The highest BCUT2D eigenvalue weighted by Crippen LogP contribution is 2.42. The summed E-state index contributed by atoms with van der Waals surface area (Å²) in [6, 6.07) is 0. The van der Waals surface area contributed by atoms with Crippen LogP contribution >= 0.6 is 7.37 Å². The Morgan fingerprint density at radius 1 is 0.812 bits per heavy atom. The summed E-state index contributed by atoms with van der Waals surface area (Å²) in [6.45, 7) is 2.55. The molecule has 0 aromatic carbocycles. The van der Waals surface area contributed by atoms with Gasteiger partial charge in [0.15, 0.2) is 7.37 Å². The molecule has 8 heteroatoms. The van der Waals surface area contributed by atoms with Gasteiger partial charge in [0.1, 0.15) is 36.6 Å². The van der Waals surface area contributed by atoms with Crippen molar-refractivity contribution in [2.75, 3.05) is 13.3 Å². The summed E-state index contributed by atoms with van der Waals surface area (Å²) in [5.74, 6) is 0. The van der Waals surface area contributed by atoms with Gasteiger partial charge in [0.05, 0.1) is 0 Å². The zero-order valence-corrected chi connectivity index (χ0v) is 9.86. The second-order valence-electron chi connectivity index (χ2n) is 4.28. The van der Waals surface area contributed by atoms with Gasteiger partial charge in [-0.25, -0.2) is 0 Å². The van der Waals surface area contributed by atoms with E-state index in [4.69, 9.17) is 4.52 Å². The van der Waals surface area contributed by atoms with Crippen LogP contribution in [0.2, 0.25) is 0 Å². The van der Waals surface area contributed by atoms with Gasteiger partial charge < -0.3 is 30.1 Å². The Morgan fingerprint density at radius 2 is 1.12 bits per heavy atom. The van der Waals surface area contributed by atoms with Crippen LogP contribution in [-0.4, -0.2) is 75.5 Å². The molecule has 16 heavy (non-hydrogen) atoms. The van der Waals surface area contributed by atoms with Crippen LogP contribution in [0, 0.1) is 0 Å². The van der Waals surface area contributed by atoms with Crippen LogP contribution in [0.25, 0.3) is 0 Å². The lowest BCUT2D eigenvalue weighted by Crippen LogP contribution is -2.64. The summed E-state index contributed by atoms with van der Waals surface area (Å²) in [5.41, 5.74) is 0. The van der Waals surface area contributed by atoms with Crippen LogP contribution in [0.15, 0.2) is 0 Å². The standard InChI is InChI=1S/C8H17O7P/c1-16(2,14)15-8-6(12)4(10)3(9)5(11)7(8)13/h3-13H,1-2H3/t3?,4-,5?,6?,7+,8?/m1/s1. The minimum absolute atomic E-state index is 1.27. The molecule has 0 aromatic heterocycles. The van der Waals surface area contributed by atoms with E-state index in [1.54, 1.807) is 0 Å². The second kappa shape index (κ2) is 4.70. The Balaban J connectivity index is 2.87. The van der Waals surface area contributed by atoms with Gasteiger partial charge in [-0.05, 0) is 0 Å². The summed E-state index contributed by atoms with van der Waals surface area (Å²) in [5, 5.41) is 47.0. The molecule has 0 heterocycles. The molecule has 1 aliphatic carbocycles. The van der Waals surface area contributed by atoms with E-state index in [0.717, 1.165) is 0 Å². The van der Waals surface area contributed by atoms with Crippen molar-refractivity contribution in [3.05, 3.63) is 0 Å². The van der Waals surface area contributed by atoms with Crippen LogP contribution in [-0.2, 0) is 9.09 Å². The molecule has 4 unspecified atom stereocenters. The highest BCUT2D eigenvalue weighted by molar-refractivity contribution is 7.57. The maximum absolute atomic E-state index is 11.4. The molecule has 0 amide bonds. The van der Waals surface area contributed by atoms with Gasteiger partial charge in [0, 0.05) is 13.3 Å². The maximum Gasteiger partial charge on any atom is 0.197 e. The third-order valence-corrected chi connectivity index (χ3v) is 3.20. The van der Waals surface area contributed by atoms with E-state index >= 15 is 0 Å². The van der Waals surface area contributed by atoms with Crippen molar-refractivity contribution in [3.63, 3.8) is 0 Å². The molecule has 1 saturated carbocycles. The Hall–Kier alpha value is -0.0100. The van der Waals surface area contributed by atoms with Crippen molar-refractivity contribution in [2.24, 2.45) is 0 Å². The van der Waals surface area contributed by atoms with E-state index in [1.807, 2.05) is 0 Å². The van der Waals surface area contributed by atoms with Crippen LogP contribution < -0.4 is 0 Å². The molecule has 96 valence electrons. The smallest absolute Gasteiger partial charge is 0.197 e. The quantitative estimate of drug-likeness (QED) is 0.352. The van der Waals surface area contributed by atoms with Crippen molar-refractivity contribution in [3.8, 4) is 0 Å². The minimum Gasteiger partial charge on any atom is -0.387 e. The number of hydrogen-bond acceptors (Lipinski definition) is 7. The lowest BCUT2D eigenvalue weighted by molar-refractivity contribution is -0.216. The summed E-state index contributed by atoms with van der Waals surface area (Å²) in [6.07, 6.45) is -9.60. The van der Waals surface area contributed by atoms with E-state index in [-0.39, 0.29) is 0 Å². The molecule has 0 bridgehead atoms. The Bertz CT molecular complexity index is 274. The first kappa shape index (κ1) is 14.1. The van der Waals surface area contributed by atoms with Gasteiger partial charge in [-0.2, -0.15) is 0 Å². The fourth-order valence-corrected chi connectivity index (χ4v) is 2.45. The summed E-state index contributed by atoms with van der Waals surface area (Å²) >= 11 is 0. The number of aliphatic hydroxyl groups is 5. The molecule has 5 N–H and O–H groups in total. The molecule has 0 aromatic rings. The third-order valence-electron chi connectivity index (χ3n) is 2.45. The molecular weight excluding hydrogens is 239 g/mol. The third kappa shape index (κ3) is 2.81. The van der Waals surface area contributed by atoms with Crippen molar-refractivity contribution in [1.29, 1.82) is 0 Å². The summed E-state index contributed by atoms with van der Waals surface area (Å²) in [7, 11) is -3.01. The zero-order valence-electron chi connectivity index (χ0n) is 8.96. The van der Waals surface area contributed by atoms with E-state index in [0.29, 0.717) is 0 Å². The predicted octanol–water partition coefficient (Wildman–Crippen LogP) is -2.27. The Kier molecular flexibility index (Phi) is 4.13. The van der Waals surface area contributed by atoms with Crippen molar-refractivity contribution < 1.29 is 34.6 Å². The average Bonchev–Trinajstić information content (AvgIpc) is 2.17. The summed E-state index contributed by atoms with van der Waals surface area (Å²) in [4.78, 5) is 0. The molecule has 0 spiro atoms. The van der Waals surface area contributed by atoms with E-state index < -0.39 is 44.0 Å². The van der Waals surface area contributed by atoms with Crippen molar-refractivity contribution >= 4 is 7.37 Å². The van der Waals surface area contributed by atoms with Crippen molar-refractivity contribution in [1.82, 2.24) is 0 Å². The highest BCUT2D eigenvalue weighted by Gasteiger charge is 2.50. The maximum atomic E-state index is 11.4. The molecule has 7 nitrogen and oxygen atoms in total. The van der Waals surface area contributed by atoms with Crippen LogP contribution in [0.5, 0.6) is 0 Å². The fraction of sp³-hybridized carbons (Fsp3) is 1.00. The molecule has 0 radical (unpaired) electrons. The number of rotatable bonds is 2. The minimum atomic E-state index is -3.01. The molecule has 0 aliphatic heterocycles. The first-order valence-corrected chi connectivity index (χ1v) is 7.31. The molecular formula is C8H17O7P. The lowest BCUT2D eigenvalue weighted by Gasteiger charge is -2.41. The molecule has 1 rings (SSSR count). The number of hydrogen-bond donors (Lipinski definition) is 5. The highest BCUT2D eigenvalue weighted by atomic mass is 31.2. The normalized spacial score (nSPS) is 45.7. The van der Waals surface area contributed by atoms with Crippen LogP contribution in [0.4, 0.5) is 0 Å². The SMILES string of the molecule is CP(C)(=O)OC1C(O)[C@H](O)C(O)C(O)[C@@H]1O. The largest absolute Gasteiger partial charge is 0.387 e. The Labute approximate surface area is 92.7 Å². The zero-order chi connectivity index (χ0) is 12.7. The average molecular weight is 256 g/mol. The first-order valence-electron chi connectivity index (χ1n) is 4.79. The number of aliphatic hydroxyl groups excluding tert-OH is 5. The van der Waals surface area contributed by atoms with E-state index in [2.05, 4.69) is 0 Å². The molecule has 1 fully saturated rings. The van der Waals surface area contributed by atoms with Gasteiger partial charge in [-0.3, -0.25) is 4.57 Å². The summed E-state index contributed by atoms with van der Waals surface area (Å²) < 4.78 is 16.3. The van der Waals surface area contributed by atoms with Gasteiger partial charge >= 0.3 is 0 Å². The fourth-order valence-electron chi connectivity index (χ4n) is 1.61. The molecule has 0 saturated heterocycles. The van der Waals surface area contributed by atoms with E-state index in [1.165, 1.54) is 13.3 Å². The van der Waals surface area contributed by atoms with Crippen LogP contribution in [0.1, 0.15) is 0 Å². The van der Waals surface area contributed by atoms with Gasteiger partial charge in [0.25, 0.3) is 0 Å². The Morgan fingerprint density at radius 3 is 1.44 bits per heavy atom. The van der Waals surface area contributed by atoms with Crippen LogP contribution in [0.3, 0.4) is 0 Å². The van der Waals surface area contributed by atoms with Gasteiger partial charge in [-0.1, -0.05) is 0 Å². The first-order chi connectivity index (χ1) is 7.15. The molecule has 1 aliphatic rings. The lowest BCUT2D eigenvalue weighted by atomic mass is 9.85. The second-order valence-corrected chi connectivity index (χ2v) is 6.99. The van der Waals surface area contributed by atoms with Crippen molar-refractivity contribution in [2.45, 2.75) is 36.6 Å².